The van der Waals surface area contributed by atoms with Gasteiger partial charge in [-0.15, -0.1) is 35.3 Å². The molecule has 0 bridgehead atoms. The first-order valence-corrected chi connectivity index (χ1v) is 8.84. The Balaban J connectivity index is 0.00000288. The van der Waals surface area contributed by atoms with Gasteiger partial charge in [0.1, 0.15) is 0 Å². The summed E-state index contributed by atoms with van der Waals surface area (Å²) in [5, 5.41) is 8.68. The van der Waals surface area contributed by atoms with Crippen molar-refractivity contribution in [2.75, 3.05) is 19.7 Å². The third-order valence-corrected chi connectivity index (χ3v) is 4.35. The molecule has 2 N–H and O–H groups in total. The summed E-state index contributed by atoms with van der Waals surface area (Å²) in [5.74, 6) is 0.837. The van der Waals surface area contributed by atoms with E-state index in [1.165, 1.54) is 16.0 Å². The molecule has 4 nitrogen and oxygen atoms in total. The summed E-state index contributed by atoms with van der Waals surface area (Å²) in [6, 6.07) is 12.3. The largest absolute Gasteiger partial charge is 0.375 e. The van der Waals surface area contributed by atoms with Crippen molar-refractivity contribution in [1.29, 1.82) is 0 Å². The molecule has 0 saturated heterocycles. The molecule has 6 heteroatoms. The third-order valence-electron chi connectivity index (χ3n) is 3.34. The van der Waals surface area contributed by atoms with Gasteiger partial charge in [-0.05, 0) is 36.4 Å². The number of halogens is 1. The highest BCUT2D eigenvalue weighted by Gasteiger charge is 2.01. The highest BCUT2D eigenvalue weighted by molar-refractivity contribution is 14.0. The number of aryl methyl sites for hydroxylation is 1. The standard InChI is InChI=1S/C18H25N3OS.HI/c1-3-19-18(21-13-17-15(2)9-12-23-17)20-10-11-22-14-16-7-5-4-6-8-16;/h4-9,12H,3,10-11,13-14H2,1-2H3,(H2,19,20,21);1H. The van der Waals surface area contributed by atoms with Gasteiger partial charge in [-0.3, -0.25) is 0 Å². The number of aliphatic imine (C=N–C) groups is 1. The fraction of sp³-hybridized carbons (Fsp3) is 0.389. The number of hydrogen-bond donors (Lipinski definition) is 2. The van der Waals surface area contributed by atoms with E-state index in [1.807, 2.05) is 18.2 Å². The zero-order chi connectivity index (χ0) is 16.3. The molecule has 132 valence electrons. The molecular weight excluding hydrogens is 433 g/mol. The summed E-state index contributed by atoms with van der Waals surface area (Å²) in [4.78, 5) is 5.93. The van der Waals surface area contributed by atoms with E-state index in [9.17, 15) is 0 Å². The van der Waals surface area contributed by atoms with E-state index in [-0.39, 0.29) is 24.0 Å². The summed E-state index contributed by atoms with van der Waals surface area (Å²) in [6.45, 7) is 7.78. The lowest BCUT2D eigenvalue weighted by molar-refractivity contribution is 0.125. The van der Waals surface area contributed by atoms with E-state index in [1.54, 1.807) is 11.3 Å². The molecule has 1 heterocycles. The SMILES string of the molecule is CCNC(=NCc1sccc1C)NCCOCc1ccccc1.I. The number of rotatable bonds is 8. The number of thiophene rings is 1. The van der Waals surface area contributed by atoms with Gasteiger partial charge in [-0.2, -0.15) is 0 Å². The second kappa shape index (κ2) is 12.3. The van der Waals surface area contributed by atoms with Crippen LogP contribution in [0.15, 0.2) is 46.8 Å². The second-order valence-electron chi connectivity index (χ2n) is 5.19. The Morgan fingerprint density at radius 2 is 1.96 bits per heavy atom. The predicted octanol–water partition coefficient (Wildman–Crippen LogP) is 3.95. The van der Waals surface area contributed by atoms with Gasteiger partial charge in [-0.1, -0.05) is 30.3 Å². The Morgan fingerprint density at radius 3 is 2.62 bits per heavy atom. The maximum Gasteiger partial charge on any atom is 0.191 e. The smallest absolute Gasteiger partial charge is 0.191 e. The van der Waals surface area contributed by atoms with Gasteiger partial charge in [0, 0.05) is 18.0 Å². The van der Waals surface area contributed by atoms with Crippen molar-refractivity contribution in [2.45, 2.75) is 27.0 Å². The summed E-state index contributed by atoms with van der Waals surface area (Å²) < 4.78 is 5.67. The molecular formula is C18H26IN3OS. The molecule has 24 heavy (non-hydrogen) atoms. The molecule has 0 aliphatic heterocycles. The van der Waals surface area contributed by atoms with Gasteiger partial charge >= 0.3 is 0 Å². The molecule has 0 radical (unpaired) electrons. The van der Waals surface area contributed by atoms with Gasteiger partial charge in [0.2, 0.25) is 0 Å². The Morgan fingerprint density at radius 1 is 1.17 bits per heavy atom. The number of ether oxygens (including phenoxy) is 1. The minimum absolute atomic E-state index is 0. The van der Waals surface area contributed by atoms with Gasteiger partial charge in [0.25, 0.3) is 0 Å². The first kappa shape index (κ1) is 20.9. The van der Waals surface area contributed by atoms with Gasteiger partial charge < -0.3 is 15.4 Å². The van der Waals surface area contributed by atoms with Crippen molar-refractivity contribution in [3.05, 3.63) is 57.8 Å². The third kappa shape index (κ3) is 7.63. The van der Waals surface area contributed by atoms with Gasteiger partial charge in [-0.25, -0.2) is 4.99 Å². The van der Waals surface area contributed by atoms with Crippen molar-refractivity contribution >= 4 is 41.3 Å². The van der Waals surface area contributed by atoms with Crippen LogP contribution in [-0.2, 0) is 17.9 Å². The average molecular weight is 459 g/mol. The lowest BCUT2D eigenvalue weighted by atomic mass is 10.2. The summed E-state index contributed by atoms with van der Waals surface area (Å²) in [7, 11) is 0. The minimum atomic E-state index is 0. The van der Waals surface area contributed by atoms with Crippen LogP contribution in [0.5, 0.6) is 0 Å². The molecule has 2 rings (SSSR count). The van der Waals surface area contributed by atoms with Crippen LogP contribution < -0.4 is 10.6 Å². The normalized spacial score (nSPS) is 11.0. The lowest BCUT2D eigenvalue weighted by Crippen LogP contribution is -2.38. The van der Waals surface area contributed by atoms with Crippen LogP contribution in [0.2, 0.25) is 0 Å². The topological polar surface area (TPSA) is 45.7 Å². The van der Waals surface area contributed by atoms with Crippen LogP contribution in [0.1, 0.15) is 22.9 Å². The zero-order valence-electron chi connectivity index (χ0n) is 14.2. The molecule has 0 saturated carbocycles. The number of nitrogens with zero attached hydrogens (tertiary/aromatic N) is 1. The van der Waals surface area contributed by atoms with E-state index < -0.39 is 0 Å². The van der Waals surface area contributed by atoms with Gasteiger partial charge in [0.05, 0.1) is 19.8 Å². The molecule has 0 spiro atoms. The van der Waals surface area contributed by atoms with E-state index in [0.717, 1.165) is 19.0 Å². The van der Waals surface area contributed by atoms with Crippen molar-refractivity contribution in [3.63, 3.8) is 0 Å². The fourth-order valence-corrected chi connectivity index (χ4v) is 2.89. The number of benzene rings is 1. The minimum Gasteiger partial charge on any atom is -0.375 e. The predicted molar refractivity (Wildman–Crippen MR) is 113 cm³/mol. The van der Waals surface area contributed by atoms with E-state index in [4.69, 9.17) is 4.74 Å². The molecule has 2 aromatic rings. The van der Waals surface area contributed by atoms with Crippen LogP contribution >= 0.6 is 35.3 Å². The van der Waals surface area contributed by atoms with Gasteiger partial charge in [0.15, 0.2) is 5.96 Å². The number of hydrogen-bond acceptors (Lipinski definition) is 3. The molecule has 0 aliphatic carbocycles. The van der Waals surface area contributed by atoms with Crippen molar-refractivity contribution < 1.29 is 4.74 Å². The second-order valence-corrected chi connectivity index (χ2v) is 6.19. The van der Waals surface area contributed by atoms with Crippen LogP contribution in [0.25, 0.3) is 0 Å². The van der Waals surface area contributed by atoms with Crippen molar-refractivity contribution in [2.24, 2.45) is 4.99 Å². The quantitative estimate of drug-likeness (QED) is 0.272. The number of nitrogens with one attached hydrogen (secondary N) is 2. The summed E-state index contributed by atoms with van der Waals surface area (Å²) in [6.07, 6.45) is 0. The van der Waals surface area contributed by atoms with Crippen LogP contribution in [0, 0.1) is 6.92 Å². The Labute approximate surface area is 165 Å². The number of guanidine groups is 1. The summed E-state index contributed by atoms with van der Waals surface area (Å²) in [5.41, 5.74) is 2.50. The molecule has 0 aliphatic rings. The maximum absolute atomic E-state index is 5.67. The highest BCUT2D eigenvalue weighted by Crippen LogP contribution is 2.16. The van der Waals surface area contributed by atoms with Crippen molar-refractivity contribution in [3.8, 4) is 0 Å². The van der Waals surface area contributed by atoms with E-state index >= 15 is 0 Å². The first-order chi connectivity index (χ1) is 11.3. The fourth-order valence-electron chi connectivity index (χ4n) is 2.06. The average Bonchev–Trinajstić information content (AvgIpc) is 2.98. The van der Waals surface area contributed by atoms with Crippen LogP contribution in [0.3, 0.4) is 0 Å². The van der Waals surface area contributed by atoms with E-state index in [0.29, 0.717) is 19.8 Å². The Bertz CT molecular complexity index is 601. The maximum atomic E-state index is 5.67. The first-order valence-electron chi connectivity index (χ1n) is 7.96. The molecule has 1 aromatic carbocycles. The Kier molecular flexibility index (Phi) is 10.7. The molecule has 1 aromatic heterocycles. The van der Waals surface area contributed by atoms with Crippen molar-refractivity contribution in [1.82, 2.24) is 10.6 Å². The lowest BCUT2D eigenvalue weighted by Gasteiger charge is -2.11. The molecule has 0 unspecified atom stereocenters. The molecule has 0 fully saturated rings. The monoisotopic (exact) mass is 459 g/mol. The zero-order valence-corrected chi connectivity index (χ0v) is 17.4. The molecule has 0 atom stereocenters. The Hall–Kier alpha value is -1.12. The highest BCUT2D eigenvalue weighted by atomic mass is 127. The molecule has 0 amide bonds. The van der Waals surface area contributed by atoms with Crippen LogP contribution in [0.4, 0.5) is 0 Å². The summed E-state index contributed by atoms with van der Waals surface area (Å²) >= 11 is 1.75. The van der Waals surface area contributed by atoms with E-state index in [2.05, 4.69) is 53.1 Å². The van der Waals surface area contributed by atoms with Crippen LogP contribution in [-0.4, -0.2) is 25.7 Å².